The fourth-order valence-corrected chi connectivity index (χ4v) is 3.56. The first-order valence-electron chi connectivity index (χ1n) is 6.31. The molecule has 0 atom stereocenters. The predicted octanol–water partition coefficient (Wildman–Crippen LogP) is 1.55. The summed E-state index contributed by atoms with van der Waals surface area (Å²) < 4.78 is 24.7. The molecule has 102 valence electrons. The molecule has 1 aromatic carbocycles. The number of benzene rings is 1. The zero-order valence-corrected chi connectivity index (χ0v) is 11.7. The highest BCUT2D eigenvalue weighted by atomic mass is 32.2. The summed E-state index contributed by atoms with van der Waals surface area (Å²) in [4.78, 5) is 2.78. The molecular weight excluding hydrogens is 262 g/mol. The van der Waals surface area contributed by atoms with Crippen molar-refractivity contribution >= 4 is 10.0 Å². The van der Waals surface area contributed by atoms with Crippen LogP contribution in [0.1, 0.15) is 30.4 Å². The van der Waals surface area contributed by atoms with Crippen molar-refractivity contribution in [3.8, 4) is 6.07 Å². The summed E-state index contributed by atoms with van der Waals surface area (Å²) >= 11 is 0. The van der Waals surface area contributed by atoms with E-state index in [2.05, 4.69) is 4.83 Å². The standard InChI is InChI=1S/C13H17N3O2S/c1-11-5-6-12(10-14)9-13(11)19(17,18)15-16-7-3-2-4-8-16/h5-6,9,15H,2-4,7-8H2,1H3. The van der Waals surface area contributed by atoms with Crippen LogP contribution in [0.15, 0.2) is 23.1 Å². The van der Waals surface area contributed by atoms with Crippen LogP contribution in [0.5, 0.6) is 0 Å². The SMILES string of the molecule is Cc1ccc(C#N)cc1S(=O)(=O)NN1CCCCC1. The van der Waals surface area contributed by atoms with Crippen molar-refractivity contribution in [3.05, 3.63) is 29.3 Å². The van der Waals surface area contributed by atoms with Crippen molar-refractivity contribution in [2.24, 2.45) is 0 Å². The number of aryl methyl sites for hydroxylation is 1. The van der Waals surface area contributed by atoms with Crippen LogP contribution in [0.2, 0.25) is 0 Å². The first-order chi connectivity index (χ1) is 9.03. The largest absolute Gasteiger partial charge is 0.253 e. The van der Waals surface area contributed by atoms with Gasteiger partial charge in [-0.2, -0.15) is 5.26 Å². The summed E-state index contributed by atoms with van der Waals surface area (Å²) in [6.07, 6.45) is 3.14. The lowest BCUT2D eigenvalue weighted by molar-refractivity contribution is 0.200. The summed E-state index contributed by atoms with van der Waals surface area (Å²) in [5.41, 5.74) is 0.994. The minimum atomic E-state index is -3.60. The van der Waals surface area contributed by atoms with Gasteiger partial charge in [0.2, 0.25) is 0 Å². The van der Waals surface area contributed by atoms with Crippen molar-refractivity contribution < 1.29 is 8.42 Å². The van der Waals surface area contributed by atoms with Crippen LogP contribution in [0.3, 0.4) is 0 Å². The van der Waals surface area contributed by atoms with Crippen LogP contribution in [0, 0.1) is 18.3 Å². The second-order valence-corrected chi connectivity index (χ2v) is 6.36. The highest BCUT2D eigenvalue weighted by Gasteiger charge is 2.21. The van der Waals surface area contributed by atoms with Crippen LogP contribution < -0.4 is 4.83 Å². The molecule has 0 saturated carbocycles. The molecule has 19 heavy (non-hydrogen) atoms. The van der Waals surface area contributed by atoms with E-state index in [0.717, 1.165) is 32.4 Å². The molecule has 1 N–H and O–H groups in total. The van der Waals surface area contributed by atoms with Gasteiger partial charge in [-0.05, 0) is 37.5 Å². The Labute approximate surface area is 113 Å². The monoisotopic (exact) mass is 279 g/mol. The van der Waals surface area contributed by atoms with E-state index in [9.17, 15) is 8.42 Å². The smallest absolute Gasteiger partial charge is 0.230 e. The fraction of sp³-hybridized carbons (Fsp3) is 0.462. The van der Waals surface area contributed by atoms with Crippen LogP contribution >= 0.6 is 0 Å². The number of nitrogens with one attached hydrogen (secondary N) is 1. The third-order valence-corrected chi connectivity index (χ3v) is 4.73. The quantitative estimate of drug-likeness (QED) is 0.911. The Kier molecular flexibility index (Phi) is 4.20. The first-order valence-corrected chi connectivity index (χ1v) is 7.79. The van der Waals surface area contributed by atoms with Gasteiger partial charge >= 0.3 is 0 Å². The molecule has 0 bridgehead atoms. The Bertz CT molecular complexity index is 599. The fourth-order valence-electron chi connectivity index (χ4n) is 2.16. The van der Waals surface area contributed by atoms with Crippen LogP contribution in [-0.4, -0.2) is 26.5 Å². The minimum absolute atomic E-state index is 0.178. The number of hydrogen-bond donors (Lipinski definition) is 1. The molecule has 1 aromatic rings. The molecule has 6 heteroatoms. The second kappa shape index (κ2) is 5.70. The lowest BCUT2D eigenvalue weighted by atomic mass is 10.2. The van der Waals surface area contributed by atoms with Crippen molar-refractivity contribution in [1.82, 2.24) is 9.84 Å². The van der Waals surface area contributed by atoms with Gasteiger partial charge in [-0.25, -0.2) is 13.4 Å². The van der Waals surface area contributed by atoms with Gasteiger partial charge in [0.05, 0.1) is 16.5 Å². The molecular formula is C13H17N3O2S. The molecule has 0 unspecified atom stereocenters. The Morgan fingerprint density at radius 3 is 2.58 bits per heavy atom. The molecule has 0 radical (unpaired) electrons. The highest BCUT2D eigenvalue weighted by molar-refractivity contribution is 7.89. The van der Waals surface area contributed by atoms with E-state index in [1.165, 1.54) is 6.07 Å². The Morgan fingerprint density at radius 2 is 1.95 bits per heavy atom. The predicted molar refractivity (Wildman–Crippen MR) is 71.6 cm³/mol. The summed E-state index contributed by atoms with van der Waals surface area (Å²) in [6, 6.07) is 6.66. The third-order valence-electron chi connectivity index (χ3n) is 3.21. The van der Waals surface area contributed by atoms with Gasteiger partial charge in [0, 0.05) is 13.1 Å². The Balaban J connectivity index is 2.26. The molecule has 2 rings (SSSR count). The van der Waals surface area contributed by atoms with Crippen LogP contribution in [0.4, 0.5) is 0 Å². The average molecular weight is 279 g/mol. The van der Waals surface area contributed by atoms with E-state index in [1.807, 2.05) is 6.07 Å². The van der Waals surface area contributed by atoms with Crippen molar-refractivity contribution in [3.63, 3.8) is 0 Å². The number of hydrazine groups is 1. The molecule has 0 aromatic heterocycles. The minimum Gasteiger partial charge on any atom is -0.230 e. The van der Waals surface area contributed by atoms with E-state index in [1.54, 1.807) is 24.1 Å². The first kappa shape index (κ1) is 14.0. The molecule has 0 aliphatic carbocycles. The van der Waals surface area contributed by atoms with E-state index in [-0.39, 0.29) is 4.90 Å². The molecule has 0 amide bonds. The number of sulfonamides is 1. The van der Waals surface area contributed by atoms with E-state index in [0.29, 0.717) is 11.1 Å². The summed E-state index contributed by atoms with van der Waals surface area (Å²) in [6.45, 7) is 3.19. The number of hydrogen-bond acceptors (Lipinski definition) is 4. The molecule has 1 saturated heterocycles. The van der Waals surface area contributed by atoms with Crippen LogP contribution in [-0.2, 0) is 10.0 Å². The van der Waals surface area contributed by atoms with Gasteiger partial charge in [-0.3, -0.25) is 0 Å². The van der Waals surface area contributed by atoms with Crippen molar-refractivity contribution in [1.29, 1.82) is 5.26 Å². The number of nitrogens with zero attached hydrogens (tertiary/aromatic N) is 2. The van der Waals surface area contributed by atoms with E-state index < -0.39 is 10.0 Å². The Morgan fingerprint density at radius 1 is 1.26 bits per heavy atom. The van der Waals surface area contributed by atoms with Gasteiger partial charge < -0.3 is 0 Å². The second-order valence-electron chi connectivity index (χ2n) is 4.73. The van der Waals surface area contributed by atoms with E-state index in [4.69, 9.17) is 5.26 Å². The molecule has 1 aliphatic heterocycles. The van der Waals surface area contributed by atoms with Gasteiger partial charge in [0.25, 0.3) is 10.0 Å². The molecule has 0 spiro atoms. The topological polar surface area (TPSA) is 73.2 Å². The molecule has 1 aliphatic rings. The lowest BCUT2D eigenvalue weighted by Gasteiger charge is -2.26. The summed E-state index contributed by atoms with van der Waals surface area (Å²) in [7, 11) is -3.60. The maximum atomic E-state index is 12.3. The molecule has 1 fully saturated rings. The zero-order valence-electron chi connectivity index (χ0n) is 10.9. The third kappa shape index (κ3) is 3.32. The lowest BCUT2D eigenvalue weighted by Crippen LogP contribution is -2.45. The van der Waals surface area contributed by atoms with Gasteiger partial charge in [-0.15, -0.1) is 4.83 Å². The maximum Gasteiger partial charge on any atom is 0.253 e. The van der Waals surface area contributed by atoms with Gasteiger partial charge in [0.1, 0.15) is 0 Å². The van der Waals surface area contributed by atoms with Gasteiger partial charge in [-0.1, -0.05) is 12.5 Å². The van der Waals surface area contributed by atoms with Crippen molar-refractivity contribution in [2.75, 3.05) is 13.1 Å². The maximum absolute atomic E-state index is 12.3. The molecule has 1 heterocycles. The normalized spacial score (nSPS) is 17.1. The zero-order chi connectivity index (χ0) is 13.9. The number of rotatable bonds is 3. The average Bonchev–Trinajstić information content (AvgIpc) is 2.39. The number of piperidine rings is 1. The van der Waals surface area contributed by atoms with E-state index >= 15 is 0 Å². The van der Waals surface area contributed by atoms with Crippen molar-refractivity contribution in [2.45, 2.75) is 31.1 Å². The van der Waals surface area contributed by atoms with Gasteiger partial charge in [0.15, 0.2) is 0 Å². The van der Waals surface area contributed by atoms with Crippen LogP contribution in [0.25, 0.3) is 0 Å². The highest BCUT2D eigenvalue weighted by Crippen LogP contribution is 2.18. The summed E-state index contributed by atoms with van der Waals surface area (Å²) in [5.74, 6) is 0. The Hall–Kier alpha value is -1.42. The summed E-state index contributed by atoms with van der Waals surface area (Å²) in [5, 5.41) is 10.6. The number of nitriles is 1. The molecule has 5 nitrogen and oxygen atoms in total.